The van der Waals surface area contributed by atoms with Gasteiger partial charge in [-0.2, -0.15) is 0 Å². The summed E-state index contributed by atoms with van der Waals surface area (Å²) in [5, 5.41) is 4.28. The Balaban J connectivity index is 1.57. The van der Waals surface area contributed by atoms with Crippen LogP contribution in [0.4, 0.5) is 0 Å². The minimum Gasteiger partial charge on any atom is -0.379 e. The number of hydrogen-bond acceptors (Lipinski definition) is 3. The van der Waals surface area contributed by atoms with E-state index in [0.29, 0.717) is 24.9 Å². The number of fused-ring (bicyclic) bond motifs is 1. The van der Waals surface area contributed by atoms with Gasteiger partial charge in [-0.15, -0.1) is 0 Å². The summed E-state index contributed by atoms with van der Waals surface area (Å²) in [6.07, 6.45) is 3.45. The molecule has 0 aliphatic carbocycles. The molecule has 1 unspecified atom stereocenters. The third kappa shape index (κ3) is 4.83. The molecule has 2 aromatic rings. The summed E-state index contributed by atoms with van der Waals surface area (Å²) >= 11 is 0. The predicted molar refractivity (Wildman–Crippen MR) is 101 cm³/mol. The van der Waals surface area contributed by atoms with Gasteiger partial charge in [0.1, 0.15) is 0 Å². The lowest BCUT2D eigenvalue weighted by atomic mass is 10.0. The predicted octanol–water partition coefficient (Wildman–Crippen LogP) is 2.57. The van der Waals surface area contributed by atoms with Crippen LogP contribution < -0.4 is 5.32 Å². The van der Waals surface area contributed by atoms with Crippen LogP contribution in [0.5, 0.6) is 0 Å². The highest BCUT2D eigenvalue weighted by atomic mass is 16.5. The molecule has 0 bridgehead atoms. The van der Waals surface area contributed by atoms with Crippen molar-refractivity contribution in [1.29, 1.82) is 0 Å². The number of aromatic nitrogens is 1. The quantitative estimate of drug-likeness (QED) is 0.812. The topological polar surface area (TPSA) is 57.4 Å². The van der Waals surface area contributed by atoms with Gasteiger partial charge in [-0.05, 0) is 24.0 Å². The lowest BCUT2D eigenvalue weighted by Gasteiger charge is -2.35. The van der Waals surface area contributed by atoms with Crippen molar-refractivity contribution in [3.8, 4) is 0 Å². The molecule has 1 aliphatic heterocycles. The number of amides is 1. The number of rotatable bonds is 7. The Labute approximate surface area is 149 Å². The first-order valence-electron chi connectivity index (χ1n) is 9.27. The van der Waals surface area contributed by atoms with Crippen LogP contribution in [0.2, 0.25) is 0 Å². The normalized spacial score (nSPS) is 17.1. The minimum atomic E-state index is 0.0896. The molecule has 2 N–H and O–H groups in total. The first kappa shape index (κ1) is 18.0. The lowest BCUT2D eigenvalue weighted by Crippen LogP contribution is -2.49. The maximum absolute atomic E-state index is 12.5. The van der Waals surface area contributed by atoms with Gasteiger partial charge in [-0.1, -0.05) is 32.0 Å². The average Bonchev–Trinajstić information content (AvgIpc) is 3.02. The number of benzene rings is 1. The van der Waals surface area contributed by atoms with Crippen molar-refractivity contribution in [1.82, 2.24) is 15.2 Å². The third-order valence-corrected chi connectivity index (χ3v) is 4.87. The molecule has 1 amide bonds. The third-order valence-electron chi connectivity index (χ3n) is 4.87. The van der Waals surface area contributed by atoms with Crippen LogP contribution in [0.3, 0.4) is 0 Å². The monoisotopic (exact) mass is 343 g/mol. The maximum Gasteiger partial charge on any atom is 0.224 e. The summed E-state index contributed by atoms with van der Waals surface area (Å²) in [7, 11) is 0. The van der Waals surface area contributed by atoms with E-state index in [1.165, 1.54) is 0 Å². The molecule has 5 heteroatoms. The largest absolute Gasteiger partial charge is 0.379 e. The second-order valence-corrected chi connectivity index (χ2v) is 7.27. The van der Waals surface area contributed by atoms with Crippen molar-refractivity contribution in [3.05, 3.63) is 36.0 Å². The number of para-hydroxylation sites is 1. The molecule has 1 aromatic heterocycles. The van der Waals surface area contributed by atoms with E-state index in [-0.39, 0.29) is 5.91 Å². The average molecular weight is 343 g/mol. The van der Waals surface area contributed by atoms with Gasteiger partial charge in [0.15, 0.2) is 0 Å². The standard InChI is InChI=1S/C20H29N3O2/c1-15(2)11-17(23-7-9-25-10-8-23)14-22-20(24)12-16-13-21-19-6-4-3-5-18(16)19/h3-6,13,15,17,21H,7-12,14H2,1-2H3,(H,22,24). The summed E-state index contributed by atoms with van der Waals surface area (Å²) in [4.78, 5) is 18.1. The summed E-state index contributed by atoms with van der Waals surface area (Å²) in [5.41, 5.74) is 2.14. The lowest BCUT2D eigenvalue weighted by molar-refractivity contribution is -0.120. The number of hydrogen-bond donors (Lipinski definition) is 2. The van der Waals surface area contributed by atoms with Crippen molar-refractivity contribution in [2.45, 2.75) is 32.7 Å². The second-order valence-electron chi connectivity index (χ2n) is 7.27. The first-order valence-corrected chi connectivity index (χ1v) is 9.27. The highest BCUT2D eigenvalue weighted by Gasteiger charge is 2.22. The molecule has 0 radical (unpaired) electrons. The van der Waals surface area contributed by atoms with E-state index in [4.69, 9.17) is 4.74 Å². The van der Waals surface area contributed by atoms with Crippen molar-refractivity contribution >= 4 is 16.8 Å². The molecule has 0 saturated carbocycles. The molecule has 1 aliphatic rings. The van der Waals surface area contributed by atoms with Gasteiger partial charge in [0, 0.05) is 42.8 Å². The van der Waals surface area contributed by atoms with Gasteiger partial charge < -0.3 is 15.0 Å². The Morgan fingerprint density at radius 2 is 2.04 bits per heavy atom. The number of nitrogens with one attached hydrogen (secondary N) is 2. The smallest absolute Gasteiger partial charge is 0.224 e. The number of aromatic amines is 1. The molecular weight excluding hydrogens is 314 g/mol. The number of nitrogens with zero attached hydrogens (tertiary/aromatic N) is 1. The fraction of sp³-hybridized carbons (Fsp3) is 0.550. The van der Waals surface area contributed by atoms with Gasteiger partial charge in [-0.3, -0.25) is 9.69 Å². The van der Waals surface area contributed by atoms with Crippen molar-refractivity contribution < 1.29 is 9.53 Å². The van der Waals surface area contributed by atoms with Crippen LogP contribution >= 0.6 is 0 Å². The highest BCUT2D eigenvalue weighted by molar-refractivity contribution is 5.88. The Morgan fingerprint density at radius 1 is 1.28 bits per heavy atom. The number of carbonyl (C=O) groups is 1. The van der Waals surface area contributed by atoms with Gasteiger partial charge >= 0.3 is 0 Å². The van der Waals surface area contributed by atoms with Crippen LogP contribution in [-0.2, 0) is 16.0 Å². The van der Waals surface area contributed by atoms with Crippen LogP contribution in [0.15, 0.2) is 30.5 Å². The van der Waals surface area contributed by atoms with E-state index >= 15 is 0 Å². The zero-order chi connectivity index (χ0) is 17.6. The van der Waals surface area contributed by atoms with Crippen LogP contribution in [-0.4, -0.2) is 54.7 Å². The van der Waals surface area contributed by atoms with E-state index in [1.54, 1.807) is 0 Å². The zero-order valence-corrected chi connectivity index (χ0v) is 15.3. The van der Waals surface area contributed by atoms with Crippen molar-refractivity contribution in [2.24, 2.45) is 5.92 Å². The second kappa shape index (κ2) is 8.50. The Kier molecular flexibility index (Phi) is 6.10. The molecular formula is C20H29N3O2. The molecule has 25 heavy (non-hydrogen) atoms. The molecule has 1 saturated heterocycles. The van der Waals surface area contributed by atoms with E-state index in [2.05, 4.69) is 35.1 Å². The van der Waals surface area contributed by atoms with E-state index in [1.807, 2.05) is 24.4 Å². The highest BCUT2D eigenvalue weighted by Crippen LogP contribution is 2.18. The molecule has 1 fully saturated rings. The SMILES string of the molecule is CC(C)CC(CNC(=O)Cc1c[nH]c2ccccc12)N1CCOCC1. The molecule has 0 spiro atoms. The molecule has 136 valence electrons. The Bertz CT molecular complexity index is 689. The number of H-pyrrole nitrogens is 1. The molecule has 1 atom stereocenters. The Morgan fingerprint density at radius 3 is 2.80 bits per heavy atom. The molecule has 1 aromatic carbocycles. The first-order chi connectivity index (χ1) is 12.1. The minimum absolute atomic E-state index is 0.0896. The molecule has 5 nitrogen and oxygen atoms in total. The van der Waals surface area contributed by atoms with Crippen LogP contribution in [0.25, 0.3) is 10.9 Å². The Hall–Kier alpha value is -1.85. The van der Waals surface area contributed by atoms with Gasteiger partial charge in [0.25, 0.3) is 0 Å². The zero-order valence-electron chi connectivity index (χ0n) is 15.3. The van der Waals surface area contributed by atoms with Crippen molar-refractivity contribution in [2.75, 3.05) is 32.8 Å². The number of carbonyl (C=O) groups excluding carboxylic acids is 1. The van der Waals surface area contributed by atoms with E-state index in [9.17, 15) is 4.79 Å². The number of morpholine rings is 1. The fourth-order valence-electron chi connectivity index (χ4n) is 3.59. The summed E-state index contributed by atoms with van der Waals surface area (Å²) in [6.45, 7) is 8.67. The fourth-order valence-corrected chi connectivity index (χ4v) is 3.59. The van der Waals surface area contributed by atoms with E-state index in [0.717, 1.165) is 49.2 Å². The summed E-state index contributed by atoms with van der Waals surface area (Å²) < 4.78 is 5.46. The maximum atomic E-state index is 12.5. The molecule has 2 heterocycles. The number of ether oxygens (including phenoxy) is 1. The summed E-state index contributed by atoms with van der Waals surface area (Å²) in [6, 6.07) is 8.49. The van der Waals surface area contributed by atoms with Gasteiger partial charge in [-0.25, -0.2) is 0 Å². The summed E-state index contributed by atoms with van der Waals surface area (Å²) in [5.74, 6) is 0.699. The van der Waals surface area contributed by atoms with Gasteiger partial charge in [0.05, 0.1) is 19.6 Å². The van der Waals surface area contributed by atoms with Crippen LogP contribution in [0, 0.1) is 5.92 Å². The van der Waals surface area contributed by atoms with E-state index < -0.39 is 0 Å². The van der Waals surface area contributed by atoms with Crippen LogP contribution in [0.1, 0.15) is 25.8 Å². The molecule has 3 rings (SSSR count). The van der Waals surface area contributed by atoms with Gasteiger partial charge in [0.2, 0.25) is 5.91 Å². The van der Waals surface area contributed by atoms with Crippen molar-refractivity contribution in [3.63, 3.8) is 0 Å².